The lowest BCUT2D eigenvalue weighted by Gasteiger charge is -2.29. The first-order valence-corrected chi connectivity index (χ1v) is 10.7. The Morgan fingerprint density at radius 1 is 1.23 bits per heavy atom. The van der Waals surface area contributed by atoms with E-state index in [0.717, 1.165) is 29.0 Å². The van der Waals surface area contributed by atoms with Gasteiger partial charge < -0.3 is 13.8 Å². The van der Waals surface area contributed by atoms with Gasteiger partial charge in [-0.05, 0) is 36.2 Å². The Balaban J connectivity index is 1.56. The molecule has 0 radical (unpaired) electrons. The normalized spacial score (nSPS) is 17.9. The molecule has 0 bridgehead atoms. The third-order valence-electron chi connectivity index (χ3n) is 4.62. The van der Waals surface area contributed by atoms with E-state index in [1.807, 2.05) is 0 Å². The van der Waals surface area contributed by atoms with Crippen molar-refractivity contribution < 1.29 is 31.3 Å². The van der Waals surface area contributed by atoms with Gasteiger partial charge in [0.2, 0.25) is 0 Å². The second-order valence-corrected chi connectivity index (χ2v) is 8.31. The van der Waals surface area contributed by atoms with Crippen molar-refractivity contribution in [3.05, 3.63) is 65.6 Å². The molecule has 2 aliphatic rings. The molecule has 2 aliphatic heterocycles. The number of ether oxygens (including phenoxy) is 1. The van der Waals surface area contributed by atoms with Gasteiger partial charge in [-0.1, -0.05) is 0 Å². The molecular weight excluding hydrogens is 417 g/mol. The van der Waals surface area contributed by atoms with Crippen molar-refractivity contribution in [3.63, 3.8) is 0 Å². The highest BCUT2D eigenvalue weighted by atomic mass is 32.2. The lowest BCUT2D eigenvalue weighted by Crippen LogP contribution is -2.38. The number of nitrogens with zero attached hydrogens (tertiary/aromatic N) is 3. The predicted molar refractivity (Wildman–Crippen MR) is 104 cm³/mol. The molecule has 1 aromatic carbocycles. The van der Waals surface area contributed by atoms with Crippen molar-refractivity contribution in [1.29, 1.82) is 0 Å². The van der Waals surface area contributed by atoms with Crippen LogP contribution in [0, 0.1) is 5.82 Å². The van der Waals surface area contributed by atoms with E-state index in [-0.39, 0.29) is 29.6 Å². The van der Waals surface area contributed by atoms with E-state index >= 15 is 0 Å². The smallest absolute Gasteiger partial charge is 0.409 e. The number of rotatable bonds is 4. The zero-order valence-corrected chi connectivity index (χ0v) is 16.6. The summed E-state index contributed by atoms with van der Waals surface area (Å²) in [5, 5.41) is 0. The molecule has 3 heterocycles. The number of hydrogen-bond donors (Lipinski definition) is 0. The predicted octanol–water partition coefficient (Wildman–Crippen LogP) is 2.20. The minimum absolute atomic E-state index is 0.0358. The summed E-state index contributed by atoms with van der Waals surface area (Å²) in [7, 11) is -3.75. The Morgan fingerprint density at radius 2 is 2.03 bits per heavy atom. The van der Waals surface area contributed by atoms with E-state index in [2.05, 4.69) is 9.17 Å². The van der Waals surface area contributed by atoms with Crippen molar-refractivity contribution in [2.75, 3.05) is 29.1 Å². The molecule has 2 aromatic rings. The van der Waals surface area contributed by atoms with Crippen LogP contribution in [0.3, 0.4) is 0 Å². The Morgan fingerprint density at radius 3 is 2.77 bits per heavy atom. The second kappa shape index (κ2) is 7.41. The van der Waals surface area contributed by atoms with Crippen LogP contribution in [0.4, 0.5) is 20.6 Å². The number of benzene rings is 1. The lowest BCUT2D eigenvalue weighted by atomic mass is 10.0. The summed E-state index contributed by atoms with van der Waals surface area (Å²) in [5.41, 5.74) is 1.57. The fourth-order valence-corrected chi connectivity index (χ4v) is 3.53. The molecule has 0 aliphatic carbocycles. The fraction of sp³-hybridized carbons (Fsp3) is 0.211. The van der Waals surface area contributed by atoms with Gasteiger partial charge in [-0.25, -0.2) is 9.18 Å². The average Bonchev–Trinajstić information content (AvgIpc) is 3.08. The molecular formula is C19H16FN3O6S. The third kappa shape index (κ3) is 3.83. The maximum absolute atomic E-state index is 14.9. The van der Waals surface area contributed by atoms with Gasteiger partial charge in [0, 0.05) is 24.5 Å². The summed E-state index contributed by atoms with van der Waals surface area (Å²) >= 11 is 0. The topological polar surface area (TPSA) is 106 Å². The molecule has 11 heteroatoms. The van der Waals surface area contributed by atoms with Crippen LogP contribution in [0.25, 0.3) is 0 Å². The monoisotopic (exact) mass is 433 g/mol. The van der Waals surface area contributed by atoms with Crippen LogP contribution in [0.1, 0.15) is 15.9 Å². The molecule has 0 saturated carbocycles. The third-order valence-corrected chi connectivity index (χ3v) is 5.07. The molecule has 4 rings (SSSR count). The SMILES string of the molecule is CS(=O)(=O)O/C=C1/CN(c2ccc(N3CCc4cnccc4C3=O)c(F)c2)C(=O)O1. The molecule has 1 fully saturated rings. The number of hydrogen-bond acceptors (Lipinski definition) is 7. The van der Waals surface area contributed by atoms with Gasteiger partial charge in [-0.2, -0.15) is 8.42 Å². The second-order valence-electron chi connectivity index (χ2n) is 6.71. The highest BCUT2D eigenvalue weighted by molar-refractivity contribution is 7.86. The van der Waals surface area contributed by atoms with Gasteiger partial charge in [0.05, 0.1) is 24.2 Å². The molecule has 1 saturated heterocycles. The van der Waals surface area contributed by atoms with Crippen molar-refractivity contribution in [3.8, 4) is 0 Å². The lowest BCUT2D eigenvalue weighted by molar-refractivity contribution is 0.0979. The summed E-state index contributed by atoms with van der Waals surface area (Å²) in [6.07, 6.45) is 4.54. The van der Waals surface area contributed by atoms with Crippen molar-refractivity contribution in [2.45, 2.75) is 6.42 Å². The van der Waals surface area contributed by atoms with Crippen LogP contribution in [-0.2, 0) is 25.5 Å². The van der Waals surface area contributed by atoms with Crippen LogP contribution in [0.2, 0.25) is 0 Å². The Hall–Kier alpha value is -3.47. The van der Waals surface area contributed by atoms with Crippen LogP contribution >= 0.6 is 0 Å². The molecule has 9 nitrogen and oxygen atoms in total. The van der Waals surface area contributed by atoms with Gasteiger partial charge in [0.15, 0.2) is 5.76 Å². The number of cyclic esters (lactones) is 1. The number of halogens is 1. The van der Waals surface area contributed by atoms with Crippen molar-refractivity contribution in [2.24, 2.45) is 0 Å². The van der Waals surface area contributed by atoms with Crippen molar-refractivity contribution in [1.82, 2.24) is 4.98 Å². The van der Waals surface area contributed by atoms with Crippen LogP contribution in [0.15, 0.2) is 48.7 Å². The summed E-state index contributed by atoms with van der Waals surface area (Å²) < 4.78 is 46.4. The first-order chi connectivity index (χ1) is 14.2. The quantitative estimate of drug-likeness (QED) is 0.538. The molecule has 0 unspecified atom stereocenters. The molecule has 30 heavy (non-hydrogen) atoms. The first kappa shape index (κ1) is 19.8. The van der Waals surface area contributed by atoms with E-state index in [0.29, 0.717) is 18.5 Å². The van der Waals surface area contributed by atoms with E-state index in [1.165, 1.54) is 23.2 Å². The van der Waals surface area contributed by atoms with Gasteiger partial charge in [-0.15, -0.1) is 0 Å². The molecule has 2 amide bonds. The van der Waals surface area contributed by atoms with E-state index in [1.54, 1.807) is 12.3 Å². The molecule has 1 aromatic heterocycles. The van der Waals surface area contributed by atoms with E-state index in [4.69, 9.17) is 4.74 Å². The number of aromatic nitrogens is 1. The van der Waals surface area contributed by atoms with E-state index in [9.17, 15) is 22.4 Å². The highest BCUT2D eigenvalue weighted by Gasteiger charge is 2.31. The van der Waals surface area contributed by atoms with Crippen molar-refractivity contribution >= 4 is 33.5 Å². The Bertz CT molecular complexity index is 1180. The highest BCUT2D eigenvalue weighted by Crippen LogP contribution is 2.31. The number of carbonyl (C=O) groups excluding carboxylic acids is 2. The van der Waals surface area contributed by atoms with Crippen LogP contribution < -0.4 is 9.80 Å². The minimum atomic E-state index is -3.75. The summed E-state index contributed by atoms with van der Waals surface area (Å²) in [4.78, 5) is 31.3. The van der Waals surface area contributed by atoms with Gasteiger partial charge in [0.1, 0.15) is 12.1 Å². The summed E-state index contributed by atoms with van der Waals surface area (Å²) in [6.45, 7) is 0.172. The van der Waals surface area contributed by atoms with E-state index < -0.39 is 22.0 Å². The standard InChI is InChI=1S/C19H16FN3O6S/c1-30(26,27)28-11-14-10-23(19(25)29-14)13-2-3-17(16(20)8-13)22-7-5-12-9-21-6-4-15(12)18(22)24/h2-4,6,8-9,11H,5,7,10H2,1H3/b14-11-. The molecule has 0 atom stereocenters. The van der Waals surface area contributed by atoms with Crippen LogP contribution in [0.5, 0.6) is 0 Å². The minimum Gasteiger partial charge on any atom is -0.409 e. The maximum Gasteiger partial charge on any atom is 0.420 e. The van der Waals surface area contributed by atoms with Gasteiger partial charge >= 0.3 is 16.2 Å². The van der Waals surface area contributed by atoms with Gasteiger partial charge in [0.25, 0.3) is 5.91 Å². The number of amides is 2. The fourth-order valence-electron chi connectivity index (χ4n) is 3.25. The zero-order chi connectivity index (χ0) is 21.5. The number of carbonyl (C=O) groups is 2. The summed E-state index contributed by atoms with van der Waals surface area (Å²) in [5.74, 6) is -1.05. The first-order valence-electron chi connectivity index (χ1n) is 8.84. The Kier molecular flexibility index (Phi) is 4.90. The number of anilines is 2. The number of pyridine rings is 1. The average molecular weight is 433 g/mol. The summed E-state index contributed by atoms with van der Waals surface area (Å²) in [6, 6.07) is 5.61. The Labute approximate surface area is 171 Å². The largest absolute Gasteiger partial charge is 0.420 e. The molecule has 156 valence electrons. The zero-order valence-electron chi connectivity index (χ0n) is 15.7. The molecule has 0 spiro atoms. The van der Waals surface area contributed by atoms with Gasteiger partial charge in [-0.3, -0.25) is 14.7 Å². The molecule has 0 N–H and O–H groups in total. The maximum atomic E-state index is 14.9. The van der Waals surface area contributed by atoms with Crippen LogP contribution in [-0.4, -0.2) is 44.7 Å². The number of fused-ring (bicyclic) bond motifs is 1.